The predicted octanol–water partition coefficient (Wildman–Crippen LogP) is 3.37. The van der Waals surface area contributed by atoms with Gasteiger partial charge in [0.15, 0.2) is 10.8 Å². The number of hydrogen-bond donors (Lipinski definition) is 2. The lowest BCUT2D eigenvalue weighted by atomic mass is 9.94. The van der Waals surface area contributed by atoms with E-state index in [0.29, 0.717) is 45.1 Å². The summed E-state index contributed by atoms with van der Waals surface area (Å²) in [5.74, 6) is -0.287. The number of amidine groups is 1. The Morgan fingerprint density at radius 1 is 1.41 bits per heavy atom. The molecule has 1 aromatic carbocycles. The monoisotopic (exact) mass is 521 g/mol. The second-order valence-electron chi connectivity index (χ2n) is 7.17. The maximum absolute atomic E-state index is 13.8. The number of ether oxygens (including phenoxy) is 1. The van der Waals surface area contributed by atoms with Crippen molar-refractivity contribution in [2.24, 2.45) is 4.99 Å². The third kappa shape index (κ3) is 4.26. The second-order valence-corrected chi connectivity index (χ2v) is 8.92. The lowest BCUT2D eigenvalue weighted by molar-refractivity contribution is -0.139. The fourth-order valence-electron chi connectivity index (χ4n) is 3.87. The Morgan fingerprint density at radius 2 is 2.22 bits per heavy atom. The summed E-state index contributed by atoms with van der Waals surface area (Å²) in [5, 5.41) is 8.00. The molecule has 8 nitrogen and oxygen atoms in total. The molecule has 1 aromatic heterocycles. The van der Waals surface area contributed by atoms with Gasteiger partial charge in [0.1, 0.15) is 11.9 Å². The fraction of sp³-hybridized carbons (Fsp3) is 0.333. The molecule has 2 aliphatic rings. The number of amides is 2. The van der Waals surface area contributed by atoms with Crippen LogP contribution in [0.5, 0.6) is 0 Å². The Bertz CT molecular complexity index is 1100. The Kier molecular flexibility index (Phi) is 6.56. The van der Waals surface area contributed by atoms with E-state index in [0.717, 1.165) is 0 Å². The van der Waals surface area contributed by atoms with E-state index in [4.69, 9.17) is 9.73 Å². The SMILES string of the molecule is CCOC(=O)C1=C2C[C@@H](NC(=O)NC)CN2C(c2nccs2)=N[C@H]1c1ccc(F)cc1Br. The van der Waals surface area contributed by atoms with Crippen LogP contribution in [0, 0.1) is 5.82 Å². The van der Waals surface area contributed by atoms with Gasteiger partial charge in [0.2, 0.25) is 0 Å². The Morgan fingerprint density at radius 3 is 2.88 bits per heavy atom. The number of carbonyl (C=O) groups is 2. The summed E-state index contributed by atoms with van der Waals surface area (Å²) in [6.45, 7) is 2.37. The average Bonchev–Trinajstić information content (AvgIpc) is 3.42. The fourth-order valence-corrected chi connectivity index (χ4v) is 5.08. The van der Waals surface area contributed by atoms with Crippen LogP contribution in [0.4, 0.5) is 9.18 Å². The molecule has 0 unspecified atom stereocenters. The number of halogens is 2. The second kappa shape index (κ2) is 9.37. The molecule has 1 fully saturated rings. The van der Waals surface area contributed by atoms with Crippen molar-refractivity contribution in [3.8, 4) is 0 Å². The summed E-state index contributed by atoms with van der Waals surface area (Å²) in [6, 6.07) is 3.03. The summed E-state index contributed by atoms with van der Waals surface area (Å²) >= 11 is 4.85. The highest BCUT2D eigenvalue weighted by molar-refractivity contribution is 9.10. The summed E-state index contributed by atoms with van der Waals surface area (Å²) < 4.78 is 19.7. The summed E-state index contributed by atoms with van der Waals surface area (Å²) in [6.07, 6.45) is 2.10. The first-order valence-corrected chi connectivity index (χ1v) is 11.7. The number of fused-ring (bicyclic) bond motifs is 1. The molecule has 1 saturated heterocycles. The number of rotatable bonds is 5. The normalized spacial score (nSPS) is 20.0. The quantitative estimate of drug-likeness (QED) is 0.588. The van der Waals surface area contributed by atoms with E-state index in [1.165, 1.54) is 23.5 Å². The molecule has 2 amide bonds. The standard InChI is InChI=1S/C21H21BrFN5O3S/c1-3-31-20(29)16-15-9-12(26-21(30)24-2)10-28(15)18(19-25-6-7-32-19)27-17(16)13-5-4-11(23)8-14(13)22/h4-8,12,17H,3,9-10H2,1-2H3,(H2,24,26,30)/t12-,17+/m1/s1. The lowest BCUT2D eigenvalue weighted by Crippen LogP contribution is -2.43. The van der Waals surface area contributed by atoms with Crippen molar-refractivity contribution in [3.63, 3.8) is 0 Å². The zero-order valence-electron chi connectivity index (χ0n) is 17.4. The highest BCUT2D eigenvalue weighted by atomic mass is 79.9. The number of urea groups is 1. The van der Waals surface area contributed by atoms with Crippen LogP contribution in [0.3, 0.4) is 0 Å². The minimum atomic E-state index is -0.715. The van der Waals surface area contributed by atoms with Gasteiger partial charge >= 0.3 is 12.0 Å². The van der Waals surface area contributed by atoms with E-state index >= 15 is 0 Å². The molecule has 168 valence electrons. The zero-order valence-corrected chi connectivity index (χ0v) is 19.8. The topological polar surface area (TPSA) is 95.9 Å². The number of nitrogens with one attached hydrogen (secondary N) is 2. The molecule has 0 radical (unpaired) electrons. The Hall–Kier alpha value is -2.79. The van der Waals surface area contributed by atoms with Gasteiger partial charge in [-0.05, 0) is 24.6 Å². The van der Waals surface area contributed by atoms with Crippen molar-refractivity contribution in [1.82, 2.24) is 20.5 Å². The van der Waals surface area contributed by atoms with Crippen molar-refractivity contribution in [3.05, 3.63) is 61.9 Å². The van der Waals surface area contributed by atoms with Crippen LogP contribution in [0.25, 0.3) is 0 Å². The molecule has 32 heavy (non-hydrogen) atoms. The molecule has 11 heteroatoms. The Labute approximate surface area is 196 Å². The van der Waals surface area contributed by atoms with Gasteiger partial charge < -0.3 is 20.3 Å². The van der Waals surface area contributed by atoms with Gasteiger partial charge in [-0.1, -0.05) is 22.0 Å². The summed E-state index contributed by atoms with van der Waals surface area (Å²) in [4.78, 5) is 36.3. The Balaban J connectivity index is 1.86. The van der Waals surface area contributed by atoms with E-state index < -0.39 is 17.8 Å². The minimum Gasteiger partial charge on any atom is -0.463 e. The summed E-state index contributed by atoms with van der Waals surface area (Å²) in [7, 11) is 1.55. The molecule has 3 heterocycles. The minimum absolute atomic E-state index is 0.204. The third-order valence-corrected chi connectivity index (χ3v) is 6.65. The average molecular weight is 522 g/mol. The van der Waals surface area contributed by atoms with Crippen molar-refractivity contribution >= 4 is 45.1 Å². The van der Waals surface area contributed by atoms with Gasteiger partial charge in [0, 0.05) is 41.8 Å². The largest absolute Gasteiger partial charge is 0.463 e. The van der Waals surface area contributed by atoms with Crippen molar-refractivity contribution < 1.29 is 18.7 Å². The molecule has 0 aliphatic carbocycles. The van der Waals surface area contributed by atoms with Gasteiger partial charge in [-0.25, -0.2) is 19.0 Å². The van der Waals surface area contributed by atoms with Crippen LogP contribution in [0.2, 0.25) is 0 Å². The van der Waals surface area contributed by atoms with E-state index in [2.05, 4.69) is 31.5 Å². The van der Waals surface area contributed by atoms with Crippen LogP contribution in [0.15, 0.2) is 50.5 Å². The third-order valence-electron chi connectivity index (χ3n) is 5.20. The van der Waals surface area contributed by atoms with E-state index in [1.807, 2.05) is 10.3 Å². The first-order valence-electron chi connectivity index (χ1n) is 10.0. The molecule has 0 spiro atoms. The molecule has 0 bridgehead atoms. The van der Waals surface area contributed by atoms with Crippen LogP contribution in [0.1, 0.15) is 30.0 Å². The van der Waals surface area contributed by atoms with Crippen LogP contribution in [-0.4, -0.2) is 54.0 Å². The first-order chi connectivity index (χ1) is 15.4. The van der Waals surface area contributed by atoms with E-state index in [9.17, 15) is 14.0 Å². The molecule has 4 rings (SSSR count). The van der Waals surface area contributed by atoms with Crippen molar-refractivity contribution in [2.45, 2.75) is 25.4 Å². The number of hydrogen-bond acceptors (Lipinski definition) is 7. The van der Waals surface area contributed by atoms with Crippen molar-refractivity contribution in [2.75, 3.05) is 20.2 Å². The van der Waals surface area contributed by atoms with Crippen LogP contribution in [-0.2, 0) is 9.53 Å². The maximum atomic E-state index is 13.8. The number of esters is 1. The molecule has 2 aromatic rings. The maximum Gasteiger partial charge on any atom is 0.338 e. The smallest absolute Gasteiger partial charge is 0.338 e. The van der Waals surface area contributed by atoms with Gasteiger partial charge in [-0.15, -0.1) is 11.3 Å². The van der Waals surface area contributed by atoms with Gasteiger partial charge in [0.25, 0.3) is 0 Å². The number of aliphatic imine (C=N–C) groups is 1. The molecular weight excluding hydrogens is 501 g/mol. The van der Waals surface area contributed by atoms with Crippen molar-refractivity contribution in [1.29, 1.82) is 0 Å². The highest BCUT2D eigenvalue weighted by Crippen LogP contribution is 2.42. The number of thiazole rings is 1. The van der Waals surface area contributed by atoms with Gasteiger partial charge in [-0.3, -0.25) is 4.99 Å². The number of benzene rings is 1. The molecule has 2 aliphatic heterocycles. The molecule has 2 N–H and O–H groups in total. The van der Waals surface area contributed by atoms with E-state index in [1.54, 1.807) is 26.2 Å². The van der Waals surface area contributed by atoms with Crippen LogP contribution < -0.4 is 10.6 Å². The van der Waals surface area contributed by atoms with E-state index in [-0.39, 0.29) is 18.7 Å². The lowest BCUT2D eigenvalue weighted by Gasteiger charge is -2.31. The molecule has 2 atom stereocenters. The number of carbonyl (C=O) groups excluding carboxylic acids is 2. The molecular formula is C21H21BrFN5O3S. The van der Waals surface area contributed by atoms with Gasteiger partial charge in [-0.2, -0.15) is 0 Å². The van der Waals surface area contributed by atoms with Gasteiger partial charge in [0.05, 0.1) is 18.2 Å². The number of nitrogens with zero attached hydrogens (tertiary/aromatic N) is 3. The molecule has 0 saturated carbocycles. The first kappa shape index (κ1) is 22.4. The number of aromatic nitrogens is 1. The zero-order chi connectivity index (χ0) is 22.8. The summed E-state index contributed by atoms with van der Waals surface area (Å²) in [5.41, 5.74) is 1.73. The predicted molar refractivity (Wildman–Crippen MR) is 122 cm³/mol. The highest BCUT2D eigenvalue weighted by Gasteiger charge is 2.42. The van der Waals surface area contributed by atoms with Crippen LogP contribution >= 0.6 is 27.3 Å².